The van der Waals surface area contributed by atoms with Gasteiger partial charge in [-0.05, 0) is 37.1 Å². The molecule has 1 atom stereocenters. The van der Waals surface area contributed by atoms with Crippen LogP contribution in [0.2, 0.25) is 0 Å². The summed E-state index contributed by atoms with van der Waals surface area (Å²) >= 11 is 3.58. The molecule has 0 aliphatic carbocycles. The molecule has 0 aromatic heterocycles. The van der Waals surface area contributed by atoms with Crippen LogP contribution in [0.15, 0.2) is 22.7 Å². The molecule has 0 saturated carbocycles. The number of halogens is 1. The normalized spacial score (nSPS) is 18.8. The molecular weight excluding hydrogens is 250 g/mol. The lowest BCUT2D eigenvalue weighted by molar-refractivity contribution is 0.540. The van der Waals surface area contributed by atoms with Gasteiger partial charge in [-0.2, -0.15) is 0 Å². The van der Waals surface area contributed by atoms with Gasteiger partial charge in [0.15, 0.2) is 0 Å². The largest absolute Gasteiger partial charge is 0.310 e. The van der Waals surface area contributed by atoms with E-state index in [0.29, 0.717) is 6.04 Å². The summed E-state index contributed by atoms with van der Waals surface area (Å²) in [7, 11) is 0. The Morgan fingerprint density at radius 3 is 2.67 bits per heavy atom. The zero-order valence-electron chi connectivity index (χ0n) is 9.81. The molecule has 2 heteroatoms. The molecule has 0 fully saturated rings. The fraction of sp³-hybridized carbons (Fsp3) is 0.538. The van der Waals surface area contributed by atoms with Gasteiger partial charge in [0.1, 0.15) is 0 Å². The van der Waals surface area contributed by atoms with Crippen LogP contribution in [0.25, 0.3) is 0 Å². The minimum Gasteiger partial charge on any atom is -0.310 e. The van der Waals surface area contributed by atoms with Crippen molar-refractivity contribution in [1.82, 2.24) is 5.32 Å². The quantitative estimate of drug-likeness (QED) is 0.749. The van der Waals surface area contributed by atoms with E-state index < -0.39 is 0 Å². The maximum Gasteiger partial charge on any atom is 0.0295 e. The van der Waals surface area contributed by atoms with E-state index in [1.807, 2.05) is 0 Å². The Kier molecular flexibility index (Phi) is 5.34. The number of fused-ring (bicyclic) bond motifs is 1. The first-order chi connectivity index (χ1) is 7.20. The molecule has 15 heavy (non-hydrogen) atoms. The van der Waals surface area contributed by atoms with E-state index in [2.05, 4.69) is 60.2 Å². The van der Waals surface area contributed by atoms with Crippen LogP contribution in [-0.2, 0) is 6.42 Å². The maximum absolute atomic E-state index is 3.58. The monoisotopic (exact) mass is 269 g/mol. The van der Waals surface area contributed by atoms with E-state index in [1.54, 1.807) is 0 Å². The van der Waals surface area contributed by atoms with Crippen LogP contribution in [0.4, 0.5) is 0 Å². The Labute approximate surface area is 101 Å². The summed E-state index contributed by atoms with van der Waals surface area (Å²) in [6, 6.07) is 6.94. The van der Waals surface area contributed by atoms with Crippen LogP contribution in [0.1, 0.15) is 44.4 Å². The average Bonchev–Trinajstić information content (AvgIpc) is 2.21. The predicted molar refractivity (Wildman–Crippen MR) is 70.2 cm³/mol. The number of hydrogen-bond donors (Lipinski definition) is 1. The van der Waals surface area contributed by atoms with E-state index >= 15 is 0 Å². The van der Waals surface area contributed by atoms with Gasteiger partial charge in [0.25, 0.3) is 0 Å². The summed E-state index contributed by atoms with van der Waals surface area (Å²) in [5.74, 6) is 0. The summed E-state index contributed by atoms with van der Waals surface area (Å²) in [6.45, 7) is 7.56. The minimum atomic E-state index is 0.506. The lowest BCUT2D eigenvalue weighted by atomic mass is 9.96. The van der Waals surface area contributed by atoms with Crippen molar-refractivity contribution in [2.75, 3.05) is 6.54 Å². The first-order valence-corrected chi connectivity index (χ1v) is 6.50. The average molecular weight is 270 g/mol. The van der Waals surface area contributed by atoms with Crippen molar-refractivity contribution >= 4 is 15.9 Å². The molecule has 1 aliphatic rings. The van der Waals surface area contributed by atoms with Crippen LogP contribution in [0.5, 0.6) is 0 Å². The fourth-order valence-electron chi connectivity index (χ4n) is 1.77. The van der Waals surface area contributed by atoms with Crippen molar-refractivity contribution in [3.63, 3.8) is 0 Å². The first kappa shape index (κ1) is 12.7. The maximum atomic E-state index is 3.58. The summed E-state index contributed by atoms with van der Waals surface area (Å²) in [5, 5.41) is 3.44. The SMILES string of the molecule is CC1NCCc2c(Br)cccc21.CCC. The summed E-state index contributed by atoms with van der Waals surface area (Å²) in [6.07, 6.45) is 2.39. The van der Waals surface area contributed by atoms with E-state index in [0.717, 1.165) is 13.0 Å². The predicted octanol–water partition coefficient (Wildman–Crippen LogP) is 4.07. The Morgan fingerprint density at radius 1 is 1.40 bits per heavy atom. The number of hydrogen-bond acceptors (Lipinski definition) is 1. The van der Waals surface area contributed by atoms with Gasteiger partial charge in [0.2, 0.25) is 0 Å². The van der Waals surface area contributed by atoms with Gasteiger partial charge in [0.05, 0.1) is 0 Å². The van der Waals surface area contributed by atoms with Gasteiger partial charge in [-0.25, -0.2) is 0 Å². The van der Waals surface area contributed by atoms with Crippen LogP contribution in [0, 0.1) is 0 Å². The molecule has 0 spiro atoms. The summed E-state index contributed by atoms with van der Waals surface area (Å²) in [5.41, 5.74) is 2.92. The molecule has 84 valence electrons. The van der Waals surface area contributed by atoms with Crippen LogP contribution in [0.3, 0.4) is 0 Å². The lowest BCUT2D eigenvalue weighted by Crippen LogP contribution is -2.27. The lowest BCUT2D eigenvalue weighted by Gasteiger charge is -2.24. The minimum absolute atomic E-state index is 0.506. The smallest absolute Gasteiger partial charge is 0.0295 e. The zero-order chi connectivity index (χ0) is 11.3. The van der Waals surface area contributed by atoms with Crippen molar-refractivity contribution in [3.05, 3.63) is 33.8 Å². The third-order valence-corrected chi connectivity index (χ3v) is 3.19. The Bertz CT molecular complexity index is 309. The Hall–Kier alpha value is -0.340. The molecule has 0 bridgehead atoms. The highest BCUT2D eigenvalue weighted by molar-refractivity contribution is 9.10. The van der Waals surface area contributed by atoms with E-state index in [1.165, 1.54) is 22.0 Å². The van der Waals surface area contributed by atoms with Crippen molar-refractivity contribution in [1.29, 1.82) is 0 Å². The second kappa shape index (κ2) is 6.29. The highest BCUT2D eigenvalue weighted by Gasteiger charge is 2.16. The van der Waals surface area contributed by atoms with Crippen molar-refractivity contribution in [2.45, 2.75) is 39.7 Å². The van der Waals surface area contributed by atoms with Crippen molar-refractivity contribution in [3.8, 4) is 0 Å². The standard InChI is InChI=1S/C10H12BrN.C3H8/c1-7-8-3-2-4-10(11)9(8)5-6-12-7;1-3-2/h2-4,7,12H,5-6H2,1H3;3H2,1-2H3. The molecular formula is C13H20BrN. The molecule has 1 heterocycles. The van der Waals surface area contributed by atoms with E-state index in [9.17, 15) is 0 Å². The van der Waals surface area contributed by atoms with Crippen molar-refractivity contribution in [2.24, 2.45) is 0 Å². The summed E-state index contributed by atoms with van der Waals surface area (Å²) in [4.78, 5) is 0. The highest BCUT2D eigenvalue weighted by Crippen LogP contribution is 2.28. The van der Waals surface area contributed by atoms with Gasteiger partial charge < -0.3 is 5.32 Å². The molecule has 0 radical (unpaired) electrons. The van der Waals surface area contributed by atoms with E-state index in [-0.39, 0.29) is 0 Å². The molecule has 1 unspecified atom stereocenters. The third-order valence-electron chi connectivity index (χ3n) is 2.45. The van der Waals surface area contributed by atoms with E-state index in [4.69, 9.17) is 0 Å². The Balaban J connectivity index is 0.000000337. The number of benzene rings is 1. The number of rotatable bonds is 0. The van der Waals surface area contributed by atoms with Gasteiger partial charge in [-0.15, -0.1) is 0 Å². The Morgan fingerprint density at radius 2 is 2.07 bits per heavy atom. The van der Waals surface area contributed by atoms with Crippen LogP contribution in [-0.4, -0.2) is 6.54 Å². The molecule has 0 amide bonds. The molecule has 1 aromatic carbocycles. The molecule has 1 nitrogen and oxygen atoms in total. The first-order valence-electron chi connectivity index (χ1n) is 5.71. The molecule has 1 aromatic rings. The molecule has 1 aliphatic heterocycles. The van der Waals surface area contributed by atoms with Gasteiger partial charge >= 0.3 is 0 Å². The molecule has 1 N–H and O–H groups in total. The van der Waals surface area contributed by atoms with Gasteiger partial charge in [0, 0.05) is 10.5 Å². The van der Waals surface area contributed by atoms with Gasteiger partial charge in [-0.3, -0.25) is 0 Å². The second-order valence-corrected chi connectivity index (χ2v) is 4.79. The summed E-state index contributed by atoms with van der Waals surface area (Å²) < 4.78 is 1.26. The fourth-order valence-corrected chi connectivity index (χ4v) is 2.35. The molecule has 2 rings (SSSR count). The highest BCUT2D eigenvalue weighted by atomic mass is 79.9. The van der Waals surface area contributed by atoms with Crippen LogP contribution < -0.4 is 5.32 Å². The topological polar surface area (TPSA) is 12.0 Å². The molecule has 0 saturated heterocycles. The number of nitrogens with one attached hydrogen (secondary N) is 1. The zero-order valence-corrected chi connectivity index (χ0v) is 11.4. The second-order valence-electron chi connectivity index (χ2n) is 3.94. The van der Waals surface area contributed by atoms with Crippen LogP contribution >= 0.6 is 15.9 Å². The van der Waals surface area contributed by atoms with Gasteiger partial charge in [-0.1, -0.05) is 48.3 Å². The van der Waals surface area contributed by atoms with Crippen molar-refractivity contribution < 1.29 is 0 Å². The third kappa shape index (κ3) is 3.32.